The van der Waals surface area contributed by atoms with Gasteiger partial charge in [0.1, 0.15) is 12.3 Å². The van der Waals surface area contributed by atoms with Crippen LogP contribution < -0.4 is 22.1 Å². The Balaban J connectivity index is 2.20. The Morgan fingerprint density at radius 1 is 1.50 bits per heavy atom. The molecule has 26 heavy (non-hydrogen) atoms. The van der Waals surface area contributed by atoms with Gasteiger partial charge in [-0.1, -0.05) is 5.16 Å². The summed E-state index contributed by atoms with van der Waals surface area (Å²) in [7, 11) is 0. The minimum absolute atomic E-state index is 0.0149. The highest BCUT2D eigenvalue weighted by molar-refractivity contribution is 7.13. The van der Waals surface area contributed by atoms with Gasteiger partial charge in [0.2, 0.25) is 6.61 Å². The molecular weight excluding hydrogens is 372 g/mol. The molecule has 0 saturated carbocycles. The molecule has 1 aliphatic heterocycles. The zero-order valence-electron chi connectivity index (χ0n) is 13.1. The average molecular weight is 386 g/mol. The number of nitrogens with one attached hydrogen (secondary N) is 2. The number of aliphatic carboxylic acids is 1. The average Bonchev–Trinajstić information content (AvgIpc) is 2.99. The minimum atomic E-state index is -1.54. The van der Waals surface area contributed by atoms with Gasteiger partial charge in [0.25, 0.3) is 11.8 Å². The van der Waals surface area contributed by atoms with Crippen molar-refractivity contribution in [3.05, 3.63) is 11.1 Å². The lowest BCUT2D eigenvalue weighted by molar-refractivity contribution is -0.142. The second-order valence-corrected chi connectivity index (χ2v) is 5.89. The first-order valence-corrected chi connectivity index (χ1v) is 7.77. The van der Waals surface area contributed by atoms with Crippen LogP contribution >= 0.6 is 11.3 Å². The van der Waals surface area contributed by atoms with Crippen LogP contribution in [0.3, 0.4) is 0 Å². The highest BCUT2D eigenvalue weighted by atomic mass is 32.1. The van der Waals surface area contributed by atoms with E-state index in [1.54, 1.807) is 0 Å². The summed E-state index contributed by atoms with van der Waals surface area (Å²) >= 11 is 1.01. The number of carboxylic acids is 1. The summed E-state index contributed by atoms with van der Waals surface area (Å²) < 4.78 is 4.60. The highest BCUT2D eigenvalue weighted by Crippen LogP contribution is 2.16. The lowest BCUT2D eigenvalue weighted by Gasteiger charge is -2.40. The standard InChI is InChI=1S/C12H14N6O7S/c13-10-16-5(2-26-10)7(18-25-1-6(19)20)8(21)17-12(3-15-9(12)22)4-24-11(14)23/h2H,1,3-4H2,(H2,13,16)(H2,14,23)(H,15,22)(H,17,21)(H,19,20)/b18-7-. The van der Waals surface area contributed by atoms with E-state index in [1.807, 2.05) is 0 Å². The molecular formula is C12H14N6O7S. The summed E-state index contributed by atoms with van der Waals surface area (Å²) in [6.45, 7) is -1.32. The number of thiazole rings is 1. The molecule has 1 aliphatic rings. The van der Waals surface area contributed by atoms with Crippen LogP contribution in [-0.4, -0.2) is 65.0 Å². The number of β-lactam (4-membered cyclic amide) rings is 1. The number of carboxylic acid groups (broad SMARTS) is 1. The monoisotopic (exact) mass is 386 g/mol. The summed E-state index contributed by atoms with van der Waals surface area (Å²) in [5, 5.41) is 18.3. The topological polar surface area (TPSA) is 208 Å². The fourth-order valence-corrected chi connectivity index (χ4v) is 2.40. The number of anilines is 1. The third-order valence-electron chi connectivity index (χ3n) is 3.12. The SMILES string of the molecule is NC(=O)OCC1(NC(=O)/C(=N\OCC(=O)O)c2csc(N)n2)CNC1=O. The molecule has 3 amide bonds. The molecule has 1 fully saturated rings. The third kappa shape index (κ3) is 4.35. The van der Waals surface area contributed by atoms with Crippen LogP contribution in [0.1, 0.15) is 5.69 Å². The van der Waals surface area contributed by atoms with Crippen LogP contribution in [-0.2, 0) is 24.0 Å². The largest absolute Gasteiger partial charge is 0.479 e. The van der Waals surface area contributed by atoms with Crippen LogP contribution in [0.4, 0.5) is 9.93 Å². The van der Waals surface area contributed by atoms with Crippen molar-refractivity contribution >= 4 is 46.1 Å². The van der Waals surface area contributed by atoms with Crippen LogP contribution in [0, 0.1) is 0 Å². The predicted octanol–water partition coefficient (Wildman–Crippen LogP) is -2.39. The third-order valence-corrected chi connectivity index (χ3v) is 3.80. The maximum Gasteiger partial charge on any atom is 0.404 e. The normalized spacial score (nSPS) is 19.1. The minimum Gasteiger partial charge on any atom is -0.479 e. The summed E-state index contributed by atoms with van der Waals surface area (Å²) in [5.74, 6) is -2.82. The van der Waals surface area contributed by atoms with Crippen molar-refractivity contribution in [3.8, 4) is 0 Å². The quantitative estimate of drug-likeness (QED) is 0.183. The van der Waals surface area contributed by atoms with Gasteiger partial charge in [-0.15, -0.1) is 11.3 Å². The number of hydrogen-bond donors (Lipinski definition) is 5. The van der Waals surface area contributed by atoms with Crippen LogP contribution in [0.5, 0.6) is 0 Å². The fourth-order valence-electron chi connectivity index (χ4n) is 1.85. The van der Waals surface area contributed by atoms with E-state index < -0.39 is 48.3 Å². The van der Waals surface area contributed by atoms with Gasteiger partial charge in [0.15, 0.2) is 16.4 Å². The van der Waals surface area contributed by atoms with Gasteiger partial charge in [-0.05, 0) is 0 Å². The summed E-state index contributed by atoms with van der Waals surface area (Å²) in [4.78, 5) is 54.1. The number of carbonyl (C=O) groups is 4. The lowest BCUT2D eigenvalue weighted by atomic mass is 9.91. The molecule has 7 N–H and O–H groups in total. The molecule has 13 nitrogen and oxygen atoms in total. The molecule has 1 unspecified atom stereocenters. The van der Waals surface area contributed by atoms with Gasteiger partial charge < -0.3 is 36.8 Å². The van der Waals surface area contributed by atoms with E-state index in [9.17, 15) is 19.2 Å². The van der Waals surface area contributed by atoms with Gasteiger partial charge in [0, 0.05) is 5.38 Å². The lowest BCUT2D eigenvalue weighted by Crippen LogP contribution is -2.76. The van der Waals surface area contributed by atoms with E-state index in [2.05, 4.69) is 30.3 Å². The number of carbonyl (C=O) groups excluding carboxylic acids is 3. The molecule has 1 atom stereocenters. The van der Waals surface area contributed by atoms with Crippen molar-refractivity contribution in [1.29, 1.82) is 0 Å². The summed E-state index contributed by atoms with van der Waals surface area (Å²) in [6, 6.07) is 0. The fraction of sp³-hybridized carbons (Fsp3) is 0.333. The zero-order chi connectivity index (χ0) is 19.3. The number of rotatable bonds is 8. The molecule has 0 aromatic carbocycles. The van der Waals surface area contributed by atoms with Crippen LogP contribution in [0.2, 0.25) is 0 Å². The number of nitrogens with zero attached hydrogens (tertiary/aromatic N) is 2. The Labute approximate surface area is 149 Å². The number of amides is 3. The molecule has 1 aromatic rings. The Hall–Kier alpha value is -3.42. The number of nitrogens with two attached hydrogens (primary N) is 2. The molecule has 0 bridgehead atoms. The number of nitrogen functional groups attached to an aromatic ring is 1. The van der Waals surface area contributed by atoms with E-state index in [1.165, 1.54) is 5.38 Å². The number of hydrogen-bond acceptors (Lipinski definition) is 10. The van der Waals surface area contributed by atoms with Gasteiger partial charge in [-0.25, -0.2) is 14.6 Å². The van der Waals surface area contributed by atoms with Crippen molar-refractivity contribution in [2.45, 2.75) is 5.54 Å². The molecule has 14 heteroatoms. The van der Waals surface area contributed by atoms with Crippen molar-refractivity contribution in [2.75, 3.05) is 25.5 Å². The zero-order valence-corrected chi connectivity index (χ0v) is 13.9. The van der Waals surface area contributed by atoms with E-state index in [0.29, 0.717) is 0 Å². The number of oxime groups is 1. The maximum absolute atomic E-state index is 12.5. The van der Waals surface area contributed by atoms with Crippen LogP contribution in [0.25, 0.3) is 0 Å². The first-order valence-electron chi connectivity index (χ1n) is 6.90. The smallest absolute Gasteiger partial charge is 0.404 e. The summed E-state index contributed by atoms with van der Waals surface area (Å²) in [6.07, 6.45) is -1.12. The molecule has 1 aromatic heterocycles. The second kappa shape index (κ2) is 7.64. The first kappa shape index (κ1) is 18.9. The first-order chi connectivity index (χ1) is 12.2. The van der Waals surface area contributed by atoms with Gasteiger partial charge >= 0.3 is 12.1 Å². The Morgan fingerprint density at radius 3 is 2.69 bits per heavy atom. The number of primary amides is 1. The maximum atomic E-state index is 12.5. The van der Waals surface area contributed by atoms with Crippen molar-refractivity contribution < 1.29 is 33.9 Å². The number of aromatic nitrogens is 1. The predicted molar refractivity (Wildman–Crippen MR) is 86.1 cm³/mol. The highest BCUT2D eigenvalue weighted by Gasteiger charge is 2.49. The molecule has 1 saturated heterocycles. The van der Waals surface area contributed by atoms with Gasteiger partial charge in [0.05, 0.1) is 6.54 Å². The van der Waals surface area contributed by atoms with Crippen molar-refractivity contribution in [3.63, 3.8) is 0 Å². The second-order valence-electron chi connectivity index (χ2n) is 5.00. The molecule has 0 aliphatic carbocycles. The van der Waals surface area contributed by atoms with Crippen LogP contribution in [0.15, 0.2) is 10.5 Å². The van der Waals surface area contributed by atoms with E-state index in [4.69, 9.17) is 16.6 Å². The molecule has 140 valence electrons. The number of ether oxygens (including phenoxy) is 1. The van der Waals surface area contributed by atoms with E-state index >= 15 is 0 Å². The van der Waals surface area contributed by atoms with E-state index in [0.717, 1.165) is 11.3 Å². The van der Waals surface area contributed by atoms with Gasteiger partial charge in [-0.2, -0.15) is 0 Å². The molecule has 0 spiro atoms. The van der Waals surface area contributed by atoms with Gasteiger partial charge in [-0.3, -0.25) is 9.59 Å². The van der Waals surface area contributed by atoms with Crippen molar-refractivity contribution in [2.24, 2.45) is 10.9 Å². The molecule has 2 rings (SSSR count). The van der Waals surface area contributed by atoms with Crippen molar-refractivity contribution in [1.82, 2.24) is 15.6 Å². The Morgan fingerprint density at radius 2 is 2.23 bits per heavy atom. The Kier molecular flexibility index (Phi) is 5.56. The molecule has 0 radical (unpaired) electrons. The Bertz CT molecular complexity index is 778. The molecule has 2 heterocycles. The summed E-state index contributed by atoms with van der Waals surface area (Å²) in [5.41, 5.74) is 8.46. The van der Waals surface area contributed by atoms with E-state index in [-0.39, 0.29) is 17.4 Å².